The molecule has 0 aromatic rings. The fourth-order valence-electron chi connectivity index (χ4n) is 2.48. The van der Waals surface area contributed by atoms with Gasteiger partial charge in [0.2, 0.25) is 0 Å². The van der Waals surface area contributed by atoms with Gasteiger partial charge >= 0.3 is 0 Å². The third-order valence-corrected chi connectivity index (χ3v) is 3.70. The first-order valence-electron chi connectivity index (χ1n) is 6.24. The molecule has 0 spiro atoms. The molecule has 1 N–H and O–H groups in total. The summed E-state index contributed by atoms with van der Waals surface area (Å²) in [5.74, 6) is 0. The summed E-state index contributed by atoms with van der Waals surface area (Å²) in [6.45, 7) is 12.9. The molecule has 0 saturated carbocycles. The van der Waals surface area contributed by atoms with Gasteiger partial charge in [-0.2, -0.15) is 0 Å². The van der Waals surface area contributed by atoms with Crippen molar-refractivity contribution in [2.75, 3.05) is 26.2 Å². The van der Waals surface area contributed by atoms with Crippen molar-refractivity contribution < 1.29 is 5.11 Å². The third kappa shape index (κ3) is 3.76. The fraction of sp³-hybridized carbons (Fsp3) is 1.00. The van der Waals surface area contributed by atoms with E-state index in [1.54, 1.807) is 0 Å². The summed E-state index contributed by atoms with van der Waals surface area (Å²) in [5.41, 5.74) is 0.625. The molecule has 2 heteroatoms. The fourth-order valence-corrected chi connectivity index (χ4v) is 2.48. The summed E-state index contributed by atoms with van der Waals surface area (Å²) in [5, 5.41) is 9.44. The molecule has 1 aliphatic heterocycles. The summed E-state index contributed by atoms with van der Waals surface area (Å²) in [4.78, 5) is 2.55. The zero-order chi connectivity index (χ0) is 11.5. The molecule has 0 amide bonds. The van der Waals surface area contributed by atoms with E-state index in [9.17, 15) is 5.11 Å². The second-order valence-corrected chi connectivity index (χ2v) is 6.35. The van der Waals surface area contributed by atoms with Crippen LogP contribution in [0.2, 0.25) is 0 Å². The molecule has 1 rings (SSSR count). The average molecular weight is 213 g/mol. The number of nitrogens with zero attached hydrogens (tertiary/aromatic N) is 1. The Morgan fingerprint density at radius 3 is 2.07 bits per heavy atom. The van der Waals surface area contributed by atoms with Gasteiger partial charge in [-0.1, -0.05) is 27.7 Å². The van der Waals surface area contributed by atoms with Gasteiger partial charge in [-0.25, -0.2) is 0 Å². The highest BCUT2D eigenvalue weighted by Crippen LogP contribution is 2.34. The van der Waals surface area contributed by atoms with Crippen molar-refractivity contribution in [1.82, 2.24) is 4.90 Å². The quantitative estimate of drug-likeness (QED) is 0.778. The number of aliphatic hydroxyl groups is 1. The van der Waals surface area contributed by atoms with Crippen LogP contribution in [-0.2, 0) is 0 Å². The lowest BCUT2D eigenvalue weighted by Crippen LogP contribution is -2.44. The van der Waals surface area contributed by atoms with Crippen LogP contribution in [0.1, 0.15) is 47.0 Å². The highest BCUT2D eigenvalue weighted by atomic mass is 16.3. The van der Waals surface area contributed by atoms with Crippen LogP contribution in [0.5, 0.6) is 0 Å². The summed E-state index contributed by atoms with van der Waals surface area (Å²) < 4.78 is 0. The first-order chi connectivity index (χ1) is 6.91. The molecule has 15 heavy (non-hydrogen) atoms. The van der Waals surface area contributed by atoms with Crippen LogP contribution in [0, 0.1) is 10.8 Å². The van der Waals surface area contributed by atoms with Gasteiger partial charge in [0.05, 0.1) is 0 Å². The van der Waals surface area contributed by atoms with E-state index < -0.39 is 0 Å². The lowest BCUT2D eigenvalue weighted by Gasteiger charge is -2.42. The first-order valence-corrected chi connectivity index (χ1v) is 6.24. The van der Waals surface area contributed by atoms with Crippen molar-refractivity contribution in [3.8, 4) is 0 Å². The molecule has 1 fully saturated rings. The minimum atomic E-state index is 0.231. The minimum absolute atomic E-state index is 0.231. The Bertz CT molecular complexity index is 181. The van der Waals surface area contributed by atoms with E-state index in [0.29, 0.717) is 12.0 Å². The molecule has 0 aliphatic carbocycles. The van der Waals surface area contributed by atoms with Crippen molar-refractivity contribution in [2.24, 2.45) is 10.8 Å². The highest BCUT2D eigenvalue weighted by molar-refractivity contribution is 4.85. The average Bonchev–Trinajstić information content (AvgIpc) is 2.17. The van der Waals surface area contributed by atoms with Crippen molar-refractivity contribution in [2.45, 2.75) is 47.0 Å². The van der Waals surface area contributed by atoms with Crippen LogP contribution in [0.15, 0.2) is 0 Å². The largest absolute Gasteiger partial charge is 0.396 e. The monoisotopic (exact) mass is 213 g/mol. The number of piperidine rings is 1. The van der Waals surface area contributed by atoms with Crippen LogP contribution in [-0.4, -0.2) is 36.2 Å². The lowest BCUT2D eigenvalue weighted by atomic mass is 9.76. The zero-order valence-corrected chi connectivity index (χ0v) is 10.8. The molecular weight excluding hydrogens is 186 g/mol. The SMILES string of the molecule is CCC1(CO)CCN(CC(C)(C)C)CC1. The molecule has 0 unspecified atom stereocenters. The van der Waals surface area contributed by atoms with Gasteiger partial charge in [0, 0.05) is 13.2 Å². The maximum absolute atomic E-state index is 9.44. The minimum Gasteiger partial charge on any atom is -0.396 e. The Labute approximate surface area is 94.7 Å². The summed E-state index contributed by atoms with van der Waals surface area (Å²) >= 11 is 0. The Hall–Kier alpha value is -0.0800. The first kappa shape index (κ1) is 13.0. The number of likely N-dealkylation sites (tertiary alicyclic amines) is 1. The molecule has 2 nitrogen and oxygen atoms in total. The Morgan fingerprint density at radius 2 is 1.73 bits per heavy atom. The van der Waals surface area contributed by atoms with Crippen LogP contribution in [0.4, 0.5) is 0 Å². The molecule has 0 aromatic heterocycles. The number of hydrogen-bond acceptors (Lipinski definition) is 2. The van der Waals surface area contributed by atoms with Crippen LogP contribution >= 0.6 is 0 Å². The third-order valence-electron chi connectivity index (χ3n) is 3.70. The van der Waals surface area contributed by atoms with E-state index in [1.165, 1.54) is 6.54 Å². The van der Waals surface area contributed by atoms with Crippen LogP contribution < -0.4 is 0 Å². The van der Waals surface area contributed by atoms with E-state index in [4.69, 9.17) is 0 Å². The van der Waals surface area contributed by atoms with Gasteiger partial charge in [-0.15, -0.1) is 0 Å². The predicted octanol–water partition coefficient (Wildman–Crippen LogP) is 2.52. The molecular formula is C13H27NO. The van der Waals surface area contributed by atoms with E-state index in [1.807, 2.05) is 0 Å². The molecule has 1 aliphatic rings. The van der Waals surface area contributed by atoms with Gasteiger partial charge in [0.15, 0.2) is 0 Å². The number of aliphatic hydroxyl groups excluding tert-OH is 1. The molecule has 1 heterocycles. The van der Waals surface area contributed by atoms with E-state index >= 15 is 0 Å². The lowest BCUT2D eigenvalue weighted by molar-refractivity contribution is 0.0299. The van der Waals surface area contributed by atoms with Crippen LogP contribution in [0.3, 0.4) is 0 Å². The standard InChI is InChI=1S/C13H27NO/c1-5-13(11-15)6-8-14(9-7-13)10-12(2,3)4/h15H,5-11H2,1-4H3. The topological polar surface area (TPSA) is 23.5 Å². The van der Waals surface area contributed by atoms with Crippen molar-refractivity contribution in [3.05, 3.63) is 0 Å². The van der Waals surface area contributed by atoms with Gasteiger partial charge < -0.3 is 10.0 Å². The Kier molecular flexibility index (Phi) is 4.19. The Morgan fingerprint density at radius 1 is 1.20 bits per heavy atom. The molecule has 0 aromatic carbocycles. The summed E-state index contributed by atoms with van der Waals surface area (Å²) in [7, 11) is 0. The highest BCUT2D eigenvalue weighted by Gasteiger charge is 2.33. The van der Waals surface area contributed by atoms with Gasteiger partial charge in [-0.05, 0) is 43.2 Å². The molecule has 0 bridgehead atoms. The maximum Gasteiger partial charge on any atom is 0.0488 e. The smallest absolute Gasteiger partial charge is 0.0488 e. The Balaban J connectivity index is 2.42. The van der Waals surface area contributed by atoms with Crippen molar-refractivity contribution in [3.63, 3.8) is 0 Å². The second kappa shape index (κ2) is 4.84. The van der Waals surface area contributed by atoms with Crippen molar-refractivity contribution >= 4 is 0 Å². The second-order valence-electron chi connectivity index (χ2n) is 6.35. The zero-order valence-electron chi connectivity index (χ0n) is 10.8. The molecule has 0 atom stereocenters. The predicted molar refractivity (Wildman–Crippen MR) is 64.9 cm³/mol. The van der Waals surface area contributed by atoms with E-state index in [-0.39, 0.29) is 5.41 Å². The van der Waals surface area contributed by atoms with E-state index in [0.717, 1.165) is 32.4 Å². The summed E-state index contributed by atoms with van der Waals surface area (Å²) in [6, 6.07) is 0. The van der Waals surface area contributed by atoms with Gasteiger partial charge in [0.25, 0.3) is 0 Å². The van der Waals surface area contributed by atoms with Crippen molar-refractivity contribution in [1.29, 1.82) is 0 Å². The van der Waals surface area contributed by atoms with Gasteiger partial charge in [0.1, 0.15) is 0 Å². The summed E-state index contributed by atoms with van der Waals surface area (Å²) in [6.07, 6.45) is 3.44. The number of rotatable bonds is 3. The molecule has 90 valence electrons. The molecule has 0 radical (unpaired) electrons. The van der Waals surface area contributed by atoms with E-state index in [2.05, 4.69) is 32.6 Å². The van der Waals surface area contributed by atoms with Gasteiger partial charge in [-0.3, -0.25) is 0 Å². The maximum atomic E-state index is 9.44. The number of hydrogen-bond donors (Lipinski definition) is 1. The normalized spacial score (nSPS) is 23.0. The molecule has 1 saturated heterocycles. The van der Waals surface area contributed by atoms with Crippen LogP contribution in [0.25, 0.3) is 0 Å².